The van der Waals surface area contributed by atoms with Gasteiger partial charge in [-0.1, -0.05) is 84.9 Å². The van der Waals surface area contributed by atoms with E-state index in [9.17, 15) is 0 Å². The third kappa shape index (κ3) is 2.65. The zero-order valence-corrected chi connectivity index (χ0v) is 14.4. The maximum atomic E-state index is 6.32. The first-order valence-corrected chi connectivity index (χ1v) is 8.95. The van der Waals surface area contributed by atoms with Crippen molar-refractivity contribution in [2.75, 3.05) is 0 Å². The van der Waals surface area contributed by atoms with Gasteiger partial charge >= 0.3 is 0 Å². The third-order valence-corrected chi connectivity index (χ3v) is 4.97. The van der Waals surface area contributed by atoms with Crippen molar-refractivity contribution in [1.29, 1.82) is 0 Å². The lowest BCUT2D eigenvalue weighted by Gasteiger charge is -2.23. The van der Waals surface area contributed by atoms with Crippen molar-refractivity contribution in [2.24, 2.45) is 0 Å². The number of hydrogen-bond acceptors (Lipinski definition) is 2. The van der Waals surface area contributed by atoms with Crippen molar-refractivity contribution < 1.29 is 4.84 Å². The molecule has 0 fully saturated rings. The van der Waals surface area contributed by atoms with Crippen molar-refractivity contribution in [2.45, 2.75) is 12.6 Å². The fourth-order valence-corrected chi connectivity index (χ4v) is 3.73. The highest BCUT2D eigenvalue weighted by Gasteiger charge is 2.34. The van der Waals surface area contributed by atoms with E-state index in [4.69, 9.17) is 4.84 Å². The lowest BCUT2D eigenvalue weighted by atomic mass is 9.96. The Hall–Kier alpha value is -3.10. The largest absolute Gasteiger partial charge is 0.404 e. The molecule has 0 saturated heterocycles. The number of hydroxylamine groups is 2. The van der Waals surface area contributed by atoms with Gasteiger partial charge in [0.25, 0.3) is 0 Å². The Labute approximate surface area is 153 Å². The van der Waals surface area contributed by atoms with Crippen LogP contribution in [0, 0.1) is 0 Å². The molecule has 126 valence electrons. The van der Waals surface area contributed by atoms with Gasteiger partial charge in [0.2, 0.25) is 0 Å². The van der Waals surface area contributed by atoms with Crippen molar-refractivity contribution in [1.82, 2.24) is 5.06 Å². The van der Waals surface area contributed by atoms with Crippen LogP contribution in [0.25, 0.3) is 10.8 Å². The van der Waals surface area contributed by atoms with E-state index in [1.807, 2.05) is 6.07 Å². The topological polar surface area (TPSA) is 12.5 Å². The highest BCUT2D eigenvalue weighted by atomic mass is 16.7. The molecule has 0 saturated carbocycles. The predicted molar refractivity (Wildman–Crippen MR) is 105 cm³/mol. The minimum absolute atomic E-state index is 0.0935. The molecule has 4 aromatic rings. The van der Waals surface area contributed by atoms with Gasteiger partial charge in [-0.3, -0.25) is 0 Å². The smallest absolute Gasteiger partial charge is 0.153 e. The van der Waals surface area contributed by atoms with Crippen molar-refractivity contribution >= 4 is 10.8 Å². The molecule has 1 aliphatic heterocycles. The predicted octanol–water partition coefficient (Wildman–Crippen LogP) is 5.74. The number of rotatable bonds is 3. The van der Waals surface area contributed by atoms with Crippen molar-refractivity contribution in [3.63, 3.8) is 0 Å². The summed E-state index contributed by atoms with van der Waals surface area (Å²) in [7, 11) is 0. The van der Waals surface area contributed by atoms with E-state index in [0.717, 1.165) is 12.3 Å². The second-order valence-electron chi connectivity index (χ2n) is 6.70. The molecule has 0 aromatic heterocycles. The number of benzene rings is 4. The standard InChI is InChI=1S/C24H19NO/c1-3-9-18(10-4-1)17-25-24(19-11-5-2-6-12-19)22-15-20-13-7-8-14-21(20)16-23(22)26-25/h1-16,24H,17H2. The lowest BCUT2D eigenvalue weighted by Crippen LogP contribution is -2.26. The Bertz CT molecular complexity index is 1040. The second-order valence-corrected chi connectivity index (χ2v) is 6.70. The van der Waals surface area contributed by atoms with Gasteiger partial charge in [-0.05, 0) is 34.0 Å². The first kappa shape index (κ1) is 15.2. The van der Waals surface area contributed by atoms with Crippen LogP contribution in [0.3, 0.4) is 0 Å². The zero-order chi connectivity index (χ0) is 17.3. The summed E-state index contributed by atoms with van der Waals surface area (Å²) in [5.74, 6) is 0.952. The van der Waals surface area contributed by atoms with Crippen LogP contribution in [-0.4, -0.2) is 5.06 Å². The van der Waals surface area contributed by atoms with Crippen LogP contribution in [0.2, 0.25) is 0 Å². The fourth-order valence-electron chi connectivity index (χ4n) is 3.73. The molecule has 0 radical (unpaired) electrons. The molecule has 0 N–H and O–H groups in total. The second kappa shape index (κ2) is 6.32. The maximum absolute atomic E-state index is 6.32. The minimum Gasteiger partial charge on any atom is -0.404 e. The molecule has 1 heterocycles. The van der Waals surface area contributed by atoms with Crippen LogP contribution in [-0.2, 0) is 6.54 Å². The summed E-state index contributed by atoms with van der Waals surface area (Å²) in [6.07, 6.45) is 0. The average molecular weight is 337 g/mol. The van der Waals surface area contributed by atoms with Gasteiger partial charge in [0.1, 0.15) is 0 Å². The molecule has 0 aliphatic carbocycles. The Morgan fingerprint density at radius 1 is 0.692 bits per heavy atom. The van der Waals surface area contributed by atoms with Crippen LogP contribution in [0.1, 0.15) is 22.7 Å². The zero-order valence-electron chi connectivity index (χ0n) is 14.4. The number of nitrogens with zero attached hydrogens (tertiary/aromatic N) is 1. The molecule has 2 nitrogen and oxygen atoms in total. The average Bonchev–Trinajstić information content (AvgIpc) is 3.04. The molecule has 1 unspecified atom stereocenters. The van der Waals surface area contributed by atoms with Gasteiger partial charge in [0.15, 0.2) is 5.75 Å². The summed E-state index contributed by atoms with van der Waals surface area (Å²) in [6, 6.07) is 34.1. The molecular weight excluding hydrogens is 318 g/mol. The first-order chi connectivity index (χ1) is 12.9. The number of fused-ring (bicyclic) bond motifs is 2. The van der Waals surface area contributed by atoms with E-state index in [2.05, 4.69) is 96.1 Å². The molecule has 4 aromatic carbocycles. The van der Waals surface area contributed by atoms with Crippen LogP contribution in [0.5, 0.6) is 5.75 Å². The van der Waals surface area contributed by atoms with Crippen LogP contribution >= 0.6 is 0 Å². The quantitative estimate of drug-likeness (QED) is 0.473. The highest BCUT2D eigenvalue weighted by Crippen LogP contribution is 2.44. The van der Waals surface area contributed by atoms with Crippen LogP contribution in [0.4, 0.5) is 0 Å². The normalized spacial score (nSPS) is 16.4. The fraction of sp³-hybridized carbons (Fsp3) is 0.0833. The molecule has 0 spiro atoms. The molecule has 0 amide bonds. The molecule has 2 heteroatoms. The summed E-state index contributed by atoms with van der Waals surface area (Å²) in [6.45, 7) is 0.741. The molecule has 26 heavy (non-hydrogen) atoms. The molecule has 1 atom stereocenters. The van der Waals surface area contributed by atoms with Gasteiger partial charge in [-0.2, -0.15) is 0 Å². The lowest BCUT2D eigenvalue weighted by molar-refractivity contribution is -0.0682. The Balaban J connectivity index is 1.62. The van der Waals surface area contributed by atoms with Crippen molar-refractivity contribution in [3.8, 4) is 5.75 Å². The highest BCUT2D eigenvalue weighted by molar-refractivity contribution is 5.85. The summed E-state index contributed by atoms with van der Waals surface area (Å²) in [4.78, 5) is 6.32. The summed E-state index contributed by atoms with van der Waals surface area (Å²) in [5, 5.41) is 4.55. The van der Waals surface area contributed by atoms with E-state index in [0.29, 0.717) is 0 Å². The van der Waals surface area contributed by atoms with E-state index in [-0.39, 0.29) is 6.04 Å². The summed E-state index contributed by atoms with van der Waals surface area (Å²) in [5.41, 5.74) is 3.72. The Kier molecular flexibility index (Phi) is 3.69. The molecule has 1 aliphatic rings. The van der Waals surface area contributed by atoms with Gasteiger partial charge in [0, 0.05) is 5.56 Å². The molecule has 5 rings (SSSR count). The Morgan fingerprint density at radius 2 is 1.31 bits per heavy atom. The monoisotopic (exact) mass is 337 g/mol. The van der Waals surface area contributed by atoms with Crippen LogP contribution in [0.15, 0.2) is 97.1 Å². The van der Waals surface area contributed by atoms with Gasteiger partial charge in [0.05, 0.1) is 12.6 Å². The third-order valence-electron chi connectivity index (χ3n) is 4.97. The SMILES string of the molecule is c1ccc(CN2Oc3cc4ccccc4cc3C2c2ccccc2)cc1. The van der Waals surface area contributed by atoms with E-state index in [1.54, 1.807) is 0 Å². The maximum Gasteiger partial charge on any atom is 0.153 e. The Morgan fingerprint density at radius 3 is 2.04 bits per heavy atom. The molecular formula is C24H19NO. The summed E-state index contributed by atoms with van der Waals surface area (Å²) < 4.78 is 0. The van der Waals surface area contributed by atoms with Gasteiger partial charge in [-0.25, -0.2) is 0 Å². The minimum atomic E-state index is 0.0935. The van der Waals surface area contributed by atoms with E-state index in [1.165, 1.54) is 27.5 Å². The van der Waals surface area contributed by atoms with E-state index >= 15 is 0 Å². The van der Waals surface area contributed by atoms with Crippen molar-refractivity contribution in [3.05, 3.63) is 114 Å². The van der Waals surface area contributed by atoms with Gasteiger partial charge < -0.3 is 4.84 Å². The van der Waals surface area contributed by atoms with Gasteiger partial charge in [-0.15, -0.1) is 5.06 Å². The van der Waals surface area contributed by atoms with Crippen LogP contribution < -0.4 is 4.84 Å². The van der Waals surface area contributed by atoms with E-state index < -0.39 is 0 Å². The first-order valence-electron chi connectivity index (χ1n) is 8.95. The summed E-state index contributed by atoms with van der Waals surface area (Å²) >= 11 is 0. The molecule has 0 bridgehead atoms. The number of hydrogen-bond donors (Lipinski definition) is 0.